The van der Waals surface area contributed by atoms with E-state index in [1.165, 1.54) is 12.8 Å². The van der Waals surface area contributed by atoms with E-state index in [0.29, 0.717) is 18.9 Å². The summed E-state index contributed by atoms with van der Waals surface area (Å²) in [5.41, 5.74) is 1.06. The molecule has 118 valence electrons. The van der Waals surface area contributed by atoms with Crippen LogP contribution in [-0.4, -0.2) is 33.3 Å². The van der Waals surface area contributed by atoms with Crippen molar-refractivity contribution in [1.82, 2.24) is 10.0 Å². The zero-order valence-electron chi connectivity index (χ0n) is 12.7. The van der Waals surface area contributed by atoms with Crippen LogP contribution in [0.25, 0.3) is 0 Å². The predicted molar refractivity (Wildman–Crippen MR) is 86.7 cm³/mol. The van der Waals surface area contributed by atoms with Crippen LogP contribution in [0.1, 0.15) is 31.7 Å². The molecule has 0 bridgehead atoms. The van der Waals surface area contributed by atoms with Crippen molar-refractivity contribution in [2.24, 2.45) is 5.92 Å². The maximum absolute atomic E-state index is 12.1. The topological polar surface area (TPSA) is 58.2 Å². The average molecular weight is 310 g/mol. The van der Waals surface area contributed by atoms with Crippen LogP contribution in [0.15, 0.2) is 30.3 Å². The summed E-state index contributed by atoms with van der Waals surface area (Å²) < 4.78 is 27.0. The molecule has 0 aromatic heterocycles. The summed E-state index contributed by atoms with van der Waals surface area (Å²) in [5, 5.41) is 3.44. The van der Waals surface area contributed by atoms with Gasteiger partial charge in [0.25, 0.3) is 0 Å². The molecular weight excluding hydrogens is 284 g/mol. The van der Waals surface area contributed by atoms with Gasteiger partial charge in [-0.1, -0.05) is 43.7 Å². The van der Waals surface area contributed by atoms with Gasteiger partial charge in [0.05, 0.1) is 5.75 Å². The van der Waals surface area contributed by atoms with Crippen LogP contribution >= 0.6 is 0 Å². The Morgan fingerprint density at radius 2 is 2.05 bits per heavy atom. The lowest BCUT2D eigenvalue weighted by Gasteiger charge is -2.32. The summed E-state index contributed by atoms with van der Waals surface area (Å²) in [5.74, 6) is 0.733. The second kappa shape index (κ2) is 7.92. The molecule has 2 rings (SSSR count). The largest absolute Gasteiger partial charge is 0.312 e. The number of hydrogen-bond acceptors (Lipinski definition) is 3. The highest BCUT2D eigenvalue weighted by Crippen LogP contribution is 2.19. The van der Waals surface area contributed by atoms with Gasteiger partial charge in [0.2, 0.25) is 10.0 Å². The number of aryl methyl sites for hydroxylation is 1. The Morgan fingerprint density at radius 3 is 2.76 bits per heavy atom. The molecule has 1 aromatic rings. The molecule has 4 nitrogen and oxygen atoms in total. The van der Waals surface area contributed by atoms with Crippen molar-refractivity contribution in [2.45, 2.75) is 38.6 Å². The van der Waals surface area contributed by atoms with Crippen molar-refractivity contribution in [2.75, 3.05) is 18.8 Å². The Bertz CT molecular complexity index is 516. The van der Waals surface area contributed by atoms with Crippen molar-refractivity contribution in [3.8, 4) is 0 Å². The Hall–Kier alpha value is -0.910. The van der Waals surface area contributed by atoms with Crippen LogP contribution in [0.2, 0.25) is 0 Å². The van der Waals surface area contributed by atoms with E-state index in [9.17, 15) is 8.42 Å². The van der Waals surface area contributed by atoms with Gasteiger partial charge in [-0.15, -0.1) is 0 Å². The molecule has 0 spiro atoms. The number of sulfonamides is 1. The van der Waals surface area contributed by atoms with Gasteiger partial charge in [-0.25, -0.2) is 13.1 Å². The lowest BCUT2D eigenvalue weighted by atomic mass is 9.89. The Labute approximate surface area is 128 Å². The maximum atomic E-state index is 12.1. The number of hydrogen-bond donors (Lipinski definition) is 2. The molecule has 2 N–H and O–H groups in total. The lowest BCUT2D eigenvalue weighted by Crippen LogP contribution is -2.48. The quantitative estimate of drug-likeness (QED) is 0.809. The van der Waals surface area contributed by atoms with E-state index in [-0.39, 0.29) is 11.8 Å². The Kier molecular flexibility index (Phi) is 6.21. The van der Waals surface area contributed by atoms with Gasteiger partial charge in [0.1, 0.15) is 0 Å². The maximum Gasteiger partial charge on any atom is 0.211 e. The highest BCUT2D eigenvalue weighted by atomic mass is 32.2. The minimum atomic E-state index is -3.20. The summed E-state index contributed by atoms with van der Waals surface area (Å²) in [4.78, 5) is 0. The highest BCUT2D eigenvalue weighted by molar-refractivity contribution is 7.89. The first-order valence-corrected chi connectivity index (χ1v) is 9.50. The standard InChI is InChI=1S/C16H26N2O2S/c1-2-15-9-6-11-17-16(15)13-18-21(19,20)12-10-14-7-4-3-5-8-14/h3-5,7-8,15-18H,2,6,9-13H2,1H3. The first-order valence-electron chi connectivity index (χ1n) is 7.85. The normalized spacial score (nSPS) is 23.1. The van der Waals surface area contributed by atoms with E-state index in [1.54, 1.807) is 0 Å². The average Bonchev–Trinajstić information content (AvgIpc) is 2.52. The fourth-order valence-electron chi connectivity index (χ4n) is 2.93. The van der Waals surface area contributed by atoms with E-state index in [0.717, 1.165) is 18.5 Å². The zero-order chi connectivity index (χ0) is 15.1. The predicted octanol–water partition coefficient (Wildman–Crippen LogP) is 1.93. The molecular formula is C16H26N2O2S. The van der Waals surface area contributed by atoms with Crippen molar-refractivity contribution in [3.05, 3.63) is 35.9 Å². The molecule has 1 heterocycles. The molecule has 0 aliphatic carbocycles. The summed E-state index contributed by atoms with van der Waals surface area (Å²) in [6.07, 6.45) is 4.05. The van der Waals surface area contributed by atoms with Gasteiger partial charge in [0, 0.05) is 12.6 Å². The van der Waals surface area contributed by atoms with Gasteiger partial charge in [-0.2, -0.15) is 0 Å². The van der Waals surface area contributed by atoms with Gasteiger partial charge in [-0.3, -0.25) is 0 Å². The van der Waals surface area contributed by atoms with Gasteiger partial charge >= 0.3 is 0 Å². The Balaban J connectivity index is 1.80. The van der Waals surface area contributed by atoms with Crippen molar-refractivity contribution < 1.29 is 8.42 Å². The molecule has 2 atom stereocenters. The van der Waals surface area contributed by atoms with Crippen LogP contribution < -0.4 is 10.0 Å². The van der Waals surface area contributed by atoms with Gasteiger partial charge in [-0.05, 0) is 37.3 Å². The van der Waals surface area contributed by atoms with Crippen molar-refractivity contribution >= 4 is 10.0 Å². The van der Waals surface area contributed by atoms with E-state index < -0.39 is 10.0 Å². The molecule has 1 aliphatic heterocycles. The second-order valence-electron chi connectivity index (χ2n) is 5.77. The summed E-state index contributed by atoms with van der Waals surface area (Å²) in [6.45, 7) is 3.68. The third-order valence-corrected chi connectivity index (χ3v) is 5.63. The highest BCUT2D eigenvalue weighted by Gasteiger charge is 2.24. The van der Waals surface area contributed by atoms with Crippen LogP contribution in [0.5, 0.6) is 0 Å². The fourth-order valence-corrected chi connectivity index (χ4v) is 4.02. The molecule has 0 amide bonds. The first kappa shape index (κ1) is 16.5. The van der Waals surface area contributed by atoms with Crippen LogP contribution in [0, 0.1) is 5.92 Å². The summed E-state index contributed by atoms with van der Waals surface area (Å²) in [6, 6.07) is 10.0. The SMILES string of the molecule is CCC1CCCNC1CNS(=O)(=O)CCc1ccccc1. The van der Waals surface area contributed by atoms with Crippen LogP contribution in [0.3, 0.4) is 0 Å². The second-order valence-corrected chi connectivity index (χ2v) is 7.70. The van der Waals surface area contributed by atoms with Gasteiger partial charge in [0.15, 0.2) is 0 Å². The van der Waals surface area contributed by atoms with E-state index in [1.807, 2.05) is 30.3 Å². The summed E-state index contributed by atoms with van der Waals surface area (Å²) in [7, 11) is -3.20. The molecule has 1 saturated heterocycles. The minimum absolute atomic E-state index is 0.153. The third kappa shape index (κ3) is 5.41. The monoisotopic (exact) mass is 310 g/mol. The van der Waals surface area contributed by atoms with Crippen molar-refractivity contribution in [1.29, 1.82) is 0 Å². The molecule has 0 saturated carbocycles. The molecule has 21 heavy (non-hydrogen) atoms. The third-order valence-electron chi connectivity index (χ3n) is 4.28. The summed E-state index contributed by atoms with van der Waals surface area (Å²) >= 11 is 0. The number of nitrogens with one attached hydrogen (secondary N) is 2. The van der Waals surface area contributed by atoms with E-state index >= 15 is 0 Å². The fraction of sp³-hybridized carbons (Fsp3) is 0.625. The molecule has 0 radical (unpaired) electrons. The van der Waals surface area contributed by atoms with Crippen LogP contribution in [-0.2, 0) is 16.4 Å². The van der Waals surface area contributed by atoms with Crippen molar-refractivity contribution in [3.63, 3.8) is 0 Å². The molecule has 5 heteroatoms. The number of piperidine rings is 1. The number of rotatable bonds is 7. The van der Waals surface area contributed by atoms with Crippen LogP contribution in [0.4, 0.5) is 0 Å². The van der Waals surface area contributed by atoms with E-state index in [2.05, 4.69) is 17.0 Å². The zero-order valence-corrected chi connectivity index (χ0v) is 13.5. The number of benzene rings is 1. The van der Waals surface area contributed by atoms with E-state index in [4.69, 9.17) is 0 Å². The molecule has 2 unspecified atom stereocenters. The smallest absolute Gasteiger partial charge is 0.211 e. The Morgan fingerprint density at radius 1 is 1.29 bits per heavy atom. The molecule has 1 aromatic carbocycles. The lowest BCUT2D eigenvalue weighted by molar-refractivity contribution is 0.273. The van der Waals surface area contributed by atoms with Gasteiger partial charge < -0.3 is 5.32 Å². The minimum Gasteiger partial charge on any atom is -0.312 e. The molecule has 1 aliphatic rings. The molecule has 1 fully saturated rings. The first-order chi connectivity index (χ1) is 10.1.